The molecule has 0 aromatic rings. The average molecular weight is 230 g/mol. The Morgan fingerprint density at radius 2 is 2.25 bits per heavy atom. The van der Waals surface area contributed by atoms with Crippen molar-refractivity contribution in [2.24, 2.45) is 11.7 Å². The topological polar surface area (TPSA) is 73.6 Å². The minimum absolute atomic E-state index is 0.0788. The van der Waals surface area contributed by atoms with Crippen molar-refractivity contribution in [1.29, 1.82) is 0 Å². The molecule has 5 nitrogen and oxygen atoms in total. The molecule has 0 spiro atoms. The Kier molecular flexibility index (Phi) is 5.73. The van der Waals surface area contributed by atoms with E-state index in [-0.39, 0.29) is 24.0 Å². The summed E-state index contributed by atoms with van der Waals surface area (Å²) >= 11 is 0. The van der Waals surface area contributed by atoms with E-state index >= 15 is 0 Å². The lowest BCUT2D eigenvalue weighted by Gasteiger charge is -2.17. The quantitative estimate of drug-likeness (QED) is 0.668. The Hall–Kier alpha value is -0.650. The Morgan fingerprint density at radius 3 is 2.75 bits per heavy atom. The molecule has 16 heavy (non-hydrogen) atoms. The van der Waals surface area contributed by atoms with Crippen LogP contribution in [0.2, 0.25) is 0 Å². The molecular weight excluding hydrogens is 208 g/mol. The van der Waals surface area contributed by atoms with E-state index in [1.54, 1.807) is 14.2 Å². The van der Waals surface area contributed by atoms with Crippen molar-refractivity contribution < 1.29 is 14.3 Å². The van der Waals surface area contributed by atoms with Crippen LogP contribution in [0.4, 0.5) is 0 Å². The fourth-order valence-corrected chi connectivity index (χ4v) is 2.01. The van der Waals surface area contributed by atoms with Gasteiger partial charge in [0.2, 0.25) is 5.91 Å². The van der Waals surface area contributed by atoms with E-state index in [4.69, 9.17) is 15.2 Å². The normalized spacial score (nSPS) is 26.7. The molecule has 0 aliphatic heterocycles. The van der Waals surface area contributed by atoms with Crippen LogP contribution in [0.5, 0.6) is 0 Å². The maximum absolute atomic E-state index is 11.8. The third kappa shape index (κ3) is 4.08. The molecule has 0 aromatic carbocycles. The largest absolute Gasteiger partial charge is 0.382 e. The summed E-state index contributed by atoms with van der Waals surface area (Å²) in [5, 5.41) is 2.88. The first-order valence-corrected chi connectivity index (χ1v) is 5.72. The third-order valence-corrected chi connectivity index (χ3v) is 3.03. The number of nitrogens with one attached hydrogen (secondary N) is 1. The van der Waals surface area contributed by atoms with Crippen LogP contribution in [0.1, 0.15) is 19.3 Å². The van der Waals surface area contributed by atoms with E-state index < -0.39 is 0 Å². The van der Waals surface area contributed by atoms with Gasteiger partial charge < -0.3 is 20.5 Å². The van der Waals surface area contributed by atoms with Gasteiger partial charge in [0.05, 0.1) is 12.7 Å². The van der Waals surface area contributed by atoms with Crippen LogP contribution in [0.15, 0.2) is 0 Å². The van der Waals surface area contributed by atoms with Gasteiger partial charge in [0.25, 0.3) is 0 Å². The summed E-state index contributed by atoms with van der Waals surface area (Å²) in [6.07, 6.45) is 2.57. The van der Waals surface area contributed by atoms with Crippen molar-refractivity contribution >= 4 is 5.91 Å². The van der Waals surface area contributed by atoms with Crippen molar-refractivity contribution in [3.05, 3.63) is 0 Å². The highest BCUT2D eigenvalue weighted by Crippen LogP contribution is 2.23. The van der Waals surface area contributed by atoms with Crippen molar-refractivity contribution in [1.82, 2.24) is 5.32 Å². The van der Waals surface area contributed by atoms with Gasteiger partial charge >= 0.3 is 0 Å². The predicted octanol–water partition coefficient (Wildman–Crippen LogP) is -0.109. The van der Waals surface area contributed by atoms with E-state index in [1.165, 1.54) is 0 Å². The highest BCUT2D eigenvalue weighted by molar-refractivity contribution is 5.79. The van der Waals surface area contributed by atoms with Gasteiger partial charge in [0.1, 0.15) is 0 Å². The van der Waals surface area contributed by atoms with Crippen LogP contribution in [0, 0.1) is 5.92 Å². The number of ether oxygens (including phenoxy) is 2. The molecule has 1 rings (SSSR count). The molecule has 1 saturated carbocycles. The Bertz CT molecular complexity index is 223. The molecule has 3 unspecified atom stereocenters. The first kappa shape index (κ1) is 13.4. The molecule has 94 valence electrons. The monoisotopic (exact) mass is 230 g/mol. The molecule has 1 amide bonds. The molecular formula is C11H22N2O3. The average Bonchev–Trinajstić information content (AvgIpc) is 2.70. The predicted molar refractivity (Wildman–Crippen MR) is 61.0 cm³/mol. The number of hydrogen-bond donors (Lipinski definition) is 2. The summed E-state index contributed by atoms with van der Waals surface area (Å²) < 4.78 is 10.1. The van der Waals surface area contributed by atoms with Crippen molar-refractivity contribution in [3.63, 3.8) is 0 Å². The molecule has 3 N–H and O–H groups in total. The zero-order valence-corrected chi connectivity index (χ0v) is 10.1. The number of carbonyl (C=O) groups excluding carboxylic acids is 1. The highest BCUT2D eigenvalue weighted by atomic mass is 16.5. The molecule has 0 heterocycles. The van der Waals surface area contributed by atoms with Gasteiger partial charge in [-0.05, 0) is 19.3 Å². The summed E-state index contributed by atoms with van der Waals surface area (Å²) in [5.41, 5.74) is 5.77. The van der Waals surface area contributed by atoms with Gasteiger partial charge in [-0.15, -0.1) is 0 Å². The summed E-state index contributed by atoms with van der Waals surface area (Å²) in [6.45, 7) is 0.982. The minimum Gasteiger partial charge on any atom is -0.382 e. The van der Waals surface area contributed by atoms with E-state index in [9.17, 15) is 4.79 Å². The minimum atomic E-state index is -0.0796. The number of carbonyl (C=O) groups is 1. The van der Waals surface area contributed by atoms with Gasteiger partial charge in [-0.1, -0.05) is 0 Å². The van der Waals surface area contributed by atoms with Crippen molar-refractivity contribution in [2.45, 2.75) is 31.4 Å². The van der Waals surface area contributed by atoms with Crippen LogP contribution in [-0.4, -0.2) is 45.4 Å². The van der Waals surface area contributed by atoms with Gasteiger partial charge in [0, 0.05) is 32.7 Å². The van der Waals surface area contributed by atoms with Crippen LogP contribution < -0.4 is 11.1 Å². The molecule has 3 atom stereocenters. The second kappa shape index (κ2) is 6.83. The molecule has 0 bridgehead atoms. The summed E-state index contributed by atoms with van der Waals surface area (Å²) in [7, 11) is 3.23. The van der Waals surface area contributed by atoms with Crippen LogP contribution in [0.3, 0.4) is 0 Å². The lowest BCUT2D eigenvalue weighted by molar-refractivity contribution is -0.125. The highest BCUT2D eigenvalue weighted by Gasteiger charge is 2.27. The Morgan fingerprint density at radius 1 is 1.50 bits per heavy atom. The molecule has 5 heteroatoms. The van der Waals surface area contributed by atoms with Gasteiger partial charge in [-0.2, -0.15) is 0 Å². The first-order chi connectivity index (χ1) is 7.67. The van der Waals surface area contributed by atoms with Crippen molar-refractivity contribution in [2.75, 3.05) is 27.4 Å². The van der Waals surface area contributed by atoms with E-state index in [2.05, 4.69) is 5.32 Å². The number of rotatable bonds is 6. The zero-order valence-electron chi connectivity index (χ0n) is 10.1. The fraction of sp³-hybridized carbons (Fsp3) is 0.909. The van der Waals surface area contributed by atoms with Crippen LogP contribution in [0.25, 0.3) is 0 Å². The smallest absolute Gasteiger partial charge is 0.223 e. The number of nitrogens with two attached hydrogens (primary N) is 1. The number of hydrogen-bond acceptors (Lipinski definition) is 4. The Balaban J connectivity index is 2.23. The maximum Gasteiger partial charge on any atom is 0.223 e. The molecule has 0 saturated heterocycles. The van der Waals surface area contributed by atoms with E-state index in [1.807, 2.05) is 0 Å². The van der Waals surface area contributed by atoms with Gasteiger partial charge in [-0.3, -0.25) is 4.79 Å². The lowest BCUT2D eigenvalue weighted by Crippen LogP contribution is -2.38. The van der Waals surface area contributed by atoms with Crippen LogP contribution >= 0.6 is 0 Å². The van der Waals surface area contributed by atoms with E-state index in [0.717, 1.165) is 19.3 Å². The van der Waals surface area contributed by atoms with Gasteiger partial charge in [0.15, 0.2) is 0 Å². The SMILES string of the molecule is COCC(CNC(=O)C1CCC(N)C1)OC. The summed E-state index contributed by atoms with van der Waals surface area (Å²) in [6, 6.07) is 0.188. The zero-order chi connectivity index (χ0) is 12.0. The number of methoxy groups -OCH3 is 2. The second-order valence-electron chi connectivity index (χ2n) is 4.33. The molecule has 1 fully saturated rings. The summed E-state index contributed by atoms with van der Waals surface area (Å²) in [5.74, 6) is 0.168. The molecule has 1 aliphatic rings. The van der Waals surface area contributed by atoms with Crippen LogP contribution in [-0.2, 0) is 14.3 Å². The standard InChI is InChI=1S/C11H22N2O3/c1-15-7-10(16-2)6-13-11(14)8-3-4-9(12)5-8/h8-10H,3-7,12H2,1-2H3,(H,13,14). The molecule has 1 aliphatic carbocycles. The molecule has 0 aromatic heterocycles. The van der Waals surface area contributed by atoms with Crippen molar-refractivity contribution in [3.8, 4) is 0 Å². The molecule has 0 radical (unpaired) electrons. The first-order valence-electron chi connectivity index (χ1n) is 5.72. The summed E-state index contributed by atoms with van der Waals surface area (Å²) in [4.78, 5) is 11.8. The second-order valence-corrected chi connectivity index (χ2v) is 4.33. The number of amides is 1. The lowest BCUT2D eigenvalue weighted by atomic mass is 10.1. The van der Waals surface area contributed by atoms with Gasteiger partial charge in [-0.25, -0.2) is 0 Å². The Labute approximate surface area is 96.7 Å². The van der Waals surface area contributed by atoms with E-state index in [0.29, 0.717) is 13.2 Å². The third-order valence-electron chi connectivity index (χ3n) is 3.03. The fourth-order valence-electron chi connectivity index (χ4n) is 2.01. The maximum atomic E-state index is 11.8.